The maximum atomic E-state index is 12.0. The van der Waals surface area contributed by atoms with Gasteiger partial charge >= 0.3 is 6.09 Å². The Bertz CT molecular complexity index is 426. The number of carbonyl (C=O) groups is 1. The lowest BCUT2D eigenvalue weighted by molar-refractivity contribution is 0.191. The third-order valence-corrected chi connectivity index (χ3v) is 5.71. The first-order chi connectivity index (χ1) is 8.49. The molecule has 5 nitrogen and oxygen atoms in total. The molecule has 1 aromatic carbocycles. The van der Waals surface area contributed by atoms with Crippen molar-refractivity contribution in [1.29, 1.82) is 0 Å². The molecule has 0 bridgehead atoms. The molecule has 18 heavy (non-hydrogen) atoms. The number of nitrogens with one attached hydrogen (secondary N) is 1. The lowest BCUT2D eigenvalue weighted by atomic mass is 10.2. The molecule has 0 radical (unpaired) electrons. The smallest absolute Gasteiger partial charge is 0.404 e. The second-order valence-corrected chi connectivity index (χ2v) is 8.71. The first-order valence-corrected chi connectivity index (χ1v) is 9.03. The predicted octanol–water partition coefficient (Wildman–Crippen LogP) is 3.03. The summed E-state index contributed by atoms with van der Waals surface area (Å²) in [6.45, 7) is -0.940. The van der Waals surface area contributed by atoms with Crippen molar-refractivity contribution in [3.8, 4) is 0 Å². The molecule has 0 fully saturated rings. The Kier molecular flexibility index (Phi) is 6.25. The van der Waals surface area contributed by atoms with Gasteiger partial charge in [-0.1, -0.05) is 41.7 Å². The van der Waals surface area contributed by atoms with E-state index in [4.69, 9.17) is 9.63 Å². The molecule has 2 N–H and O–H groups in total. The SMILES string of the molecule is CP(=O)(OCCNC(=O)O)SCc1ccccc1. The van der Waals surface area contributed by atoms with Crippen LogP contribution in [0.25, 0.3) is 0 Å². The fraction of sp³-hybridized carbons (Fsp3) is 0.364. The van der Waals surface area contributed by atoms with Gasteiger partial charge in [-0.3, -0.25) is 4.57 Å². The number of carboxylic acid groups (broad SMARTS) is 1. The Hall–Kier alpha value is -0.970. The molecular weight excluding hydrogens is 273 g/mol. The number of benzene rings is 1. The van der Waals surface area contributed by atoms with Crippen LogP contribution in [0.2, 0.25) is 0 Å². The lowest BCUT2D eigenvalue weighted by Gasteiger charge is -2.13. The van der Waals surface area contributed by atoms with Crippen molar-refractivity contribution in [2.45, 2.75) is 5.75 Å². The van der Waals surface area contributed by atoms with E-state index in [1.54, 1.807) is 6.66 Å². The zero-order chi connectivity index (χ0) is 13.4. The van der Waals surface area contributed by atoms with Gasteiger partial charge < -0.3 is 14.9 Å². The average Bonchev–Trinajstić information content (AvgIpc) is 2.34. The van der Waals surface area contributed by atoms with Gasteiger partial charge in [0, 0.05) is 19.0 Å². The minimum atomic E-state index is -2.73. The summed E-state index contributed by atoms with van der Waals surface area (Å²) in [5.41, 5.74) is 1.08. The van der Waals surface area contributed by atoms with E-state index >= 15 is 0 Å². The Morgan fingerprint density at radius 2 is 2.11 bits per heavy atom. The Balaban J connectivity index is 2.27. The summed E-state index contributed by atoms with van der Waals surface area (Å²) >= 11 is 1.25. The van der Waals surface area contributed by atoms with Gasteiger partial charge in [0.1, 0.15) is 0 Å². The van der Waals surface area contributed by atoms with Crippen LogP contribution in [0.4, 0.5) is 4.79 Å². The first-order valence-electron chi connectivity index (χ1n) is 5.37. The van der Waals surface area contributed by atoms with Gasteiger partial charge in [0.15, 0.2) is 0 Å². The van der Waals surface area contributed by atoms with Crippen LogP contribution in [0.15, 0.2) is 30.3 Å². The van der Waals surface area contributed by atoms with Gasteiger partial charge in [0.25, 0.3) is 6.57 Å². The first kappa shape index (κ1) is 15.1. The van der Waals surface area contributed by atoms with Crippen LogP contribution in [0.5, 0.6) is 0 Å². The monoisotopic (exact) mass is 289 g/mol. The van der Waals surface area contributed by atoms with E-state index in [2.05, 4.69) is 5.32 Å². The molecule has 1 unspecified atom stereocenters. The van der Waals surface area contributed by atoms with E-state index in [9.17, 15) is 9.36 Å². The van der Waals surface area contributed by atoms with E-state index in [0.717, 1.165) is 5.56 Å². The quantitative estimate of drug-likeness (QED) is 0.596. The molecule has 0 aliphatic heterocycles. The Morgan fingerprint density at radius 3 is 2.72 bits per heavy atom. The molecule has 0 heterocycles. The predicted molar refractivity (Wildman–Crippen MR) is 73.2 cm³/mol. The van der Waals surface area contributed by atoms with Gasteiger partial charge in [-0.2, -0.15) is 0 Å². The second-order valence-electron chi connectivity index (χ2n) is 3.60. The fourth-order valence-electron chi connectivity index (χ4n) is 1.17. The van der Waals surface area contributed by atoms with Crippen LogP contribution in [0.3, 0.4) is 0 Å². The molecule has 1 rings (SSSR count). The standard InChI is InChI=1S/C11H16NO4PS/c1-17(15,16-8-7-12-11(13)14)18-9-10-5-3-2-4-6-10/h2-6,12H,7-9H2,1H3,(H,13,14). The molecule has 7 heteroatoms. The van der Waals surface area contributed by atoms with Crippen LogP contribution < -0.4 is 5.32 Å². The van der Waals surface area contributed by atoms with Gasteiger partial charge in [0.2, 0.25) is 0 Å². The third-order valence-electron chi connectivity index (χ3n) is 2.01. The summed E-state index contributed by atoms with van der Waals surface area (Å²) in [6, 6.07) is 9.69. The molecule has 1 amide bonds. The third kappa shape index (κ3) is 6.69. The molecule has 0 aromatic heterocycles. The molecule has 0 spiro atoms. The van der Waals surface area contributed by atoms with E-state index in [0.29, 0.717) is 5.75 Å². The highest BCUT2D eigenvalue weighted by Crippen LogP contribution is 2.57. The normalized spacial score (nSPS) is 13.8. The summed E-state index contributed by atoms with van der Waals surface area (Å²) in [5, 5.41) is 10.5. The van der Waals surface area contributed by atoms with Crippen molar-refractivity contribution >= 4 is 24.0 Å². The molecule has 0 saturated heterocycles. The van der Waals surface area contributed by atoms with E-state index in [-0.39, 0.29) is 13.2 Å². The van der Waals surface area contributed by atoms with Crippen molar-refractivity contribution in [2.24, 2.45) is 0 Å². The van der Waals surface area contributed by atoms with Gasteiger partial charge in [-0.15, -0.1) is 0 Å². The zero-order valence-electron chi connectivity index (χ0n) is 10.0. The molecule has 1 aromatic rings. The Labute approximate surface area is 110 Å². The van der Waals surface area contributed by atoms with Gasteiger partial charge in [-0.05, 0) is 5.56 Å². The molecule has 0 aliphatic rings. The van der Waals surface area contributed by atoms with Crippen LogP contribution in [-0.2, 0) is 14.8 Å². The lowest BCUT2D eigenvalue weighted by Crippen LogP contribution is -2.24. The number of amides is 1. The summed E-state index contributed by atoms with van der Waals surface area (Å²) in [7, 11) is 0. The number of hydrogen-bond donors (Lipinski definition) is 2. The Morgan fingerprint density at radius 1 is 1.44 bits per heavy atom. The summed E-state index contributed by atoms with van der Waals surface area (Å²) in [5.74, 6) is 0.612. The van der Waals surface area contributed by atoms with Crippen LogP contribution in [-0.4, -0.2) is 31.0 Å². The van der Waals surface area contributed by atoms with E-state index in [1.165, 1.54) is 11.4 Å². The highest BCUT2D eigenvalue weighted by atomic mass is 32.7. The average molecular weight is 289 g/mol. The largest absolute Gasteiger partial charge is 0.465 e. The molecule has 0 aliphatic carbocycles. The van der Waals surface area contributed by atoms with Crippen LogP contribution in [0.1, 0.15) is 5.56 Å². The molecule has 0 saturated carbocycles. The van der Waals surface area contributed by atoms with Crippen molar-refractivity contribution in [1.82, 2.24) is 5.32 Å². The van der Waals surface area contributed by atoms with E-state index < -0.39 is 12.7 Å². The minimum absolute atomic E-state index is 0.113. The van der Waals surface area contributed by atoms with Gasteiger partial charge in [-0.25, -0.2) is 4.79 Å². The molecule has 100 valence electrons. The van der Waals surface area contributed by atoms with Crippen molar-refractivity contribution in [3.63, 3.8) is 0 Å². The second kappa shape index (κ2) is 7.46. The molecule has 1 atom stereocenters. The van der Waals surface area contributed by atoms with Gasteiger partial charge in [0.05, 0.1) is 6.61 Å². The van der Waals surface area contributed by atoms with E-state index in [1.807, 2.05) is 30.3 Å². The highest BCUT2D eigenvalue weighted by Gasteiger charge is 2.16. The summed E-state index contributed by atoms with van der Waals surface area (Å²) in [4.78, 5) is 10.2. The van der Waals surface area contributed by atoms with Crippen LogP contribution >= 0.6 is 18.0 Å². The van der Waals surface area contributed by atoms with Crippen LogP contribution in [0, 0.1) is 0 Å². The van der Waals surface area contributed by atoms with Crippen molar-refractivity contribution in [2.75, 3.05) is 19.8 Å². The summed E-state index contributed by atoms with van der Waals surface area (Å²) < 4.78 is 17.2. The maximum Gasteiger partial charge on any atom is 0.404 e. The molecular formula is C11H16NO4PS. The summed E-state index contributed by atoms with van der Waals surface area (Å²) in [6.07, 6.45) is -1.11. The number of rotatable bonds is 7. The van der Waals surface area contributed by atoms with Crippen molar-refractivity contribution < 1.29 is 19.0 Å². The van der Waals surface area contributed by atoms with Crippen molar-refractivity contribution in [3.05, 3.63) is 35.9 Å². The fourth-order valence-corrected chi connectivity index (χ4v) is 3.84. The minimum Gasteiger partial charge on any atom is -0.465 e. The highest BCUT2D eigenvalue weighted by molar-refractivity contribution is 8.56. The maximum absolute atomic E-state index is 12.0. The number of hydrogen-bond acceptors (Lipinski definition) is 4. The zero-order valence-corrected chi connectivity index (χ0v) is 11.7. The topological polar surface area (TPSA) is 75.6 Å².